The van der Waals surface area contributed by atoms with Crippen LogP contribution in [0.4, 0.5) is 0 Å². The van der Waals surface area contributed by atoms with Gasteiger partial charge in [-0.25, -0.2) is 4.79 Å². The van der Waals surface area contributed by atoms with E-state index in [1.54, 1.807) is 13.2 Å². The summed E-state index contributed by atoms with van der Waals surface area (Å²) in [6.45, 7) is 8.05. The largest absolute Gasteiger partial charge is 0.496 e. The second-order valence-corrected chi connectivity index (χ2v) is 6.78. The van der Waals surface area contributed by atoms with Crippen molar-refractivity contribution in [3.8, 4) is 11.5 Å². The molecule has 0 saturated heterocycles. The topological polar surface area (TPSA) is 48.7 Å². The number of ether oxygens (including phenoxy) is 2. The van der Waals surface area contributed by atoms with E-state index in [1.165, 1.54) is 11.6 Å². The molecule has 1 aliphatic heterocycles. The zero-order chi connectivity index (χ0) is 17.5. The van der Waals surface area contributed by atoms with Crippen LogP contribution in [0.25, 0.3) is 17.0 Å². The third-order valence-electron chi connectivity index (χ3n) is 4.05. The molecule has 4 heteroatoms. The first kappa shape index (κ1) is 16.4. The molecule has 0 atom stereocenters. The van der Waals surface area contributed by atoms with Crippen LogP contribution in [0.5, 0.6) is 11.5 Å². The van der Waals surface area contributed by atoms with Gasteiger partial charge in [0.15, 0.2) is 0 Å². The summed E-state index contributed by atoms with van der Waals surface area (Å²) in [6.07, 6.45) is 6.75. The summed E-state index contributed by atoms with van der Waals surface area (Å²) in [5, 5.41) is 0.792. The van der Waals surface area contributed by atoms with E-state index in [9.17, 15) is 4.79 Å². The molecule has 2 aromatic rings. The fourth-order valence-electron chi connectivity index (χ4n) is 2.90. The van der Waals surface area contributed by atoms with Crippen molar-refractivity contribution in [2.45, 2.75) is 39.7 Å². The predicted molar refractivity (Wildman–Crippen MR) is 95.9 cm³/mol. The molecule has 0 saturated carbocycles. The number of rotatable bonds is 3. The molecular weight excluding hydrogens is 304 g/mol. The summed E-state index contributed by atoms with van der Waals surface area (Å²) < 4.78 is 17.4. The summed E-state index contributed by atoms with van der Waals surface area (Å²) >= 11 is 0. The van der Waals surface area contributed by atoms with Crippen molar-refractivity contribution in [1.82, 2.24) is 0 Å². The first-order valence-corrected chi connectivity index (χ1v) is 8.00. The van der Waals surface area contributed by atoms with E-state index >= 15 is 0 Å². The molecule has 0 aliphatic carbocycles. The van der Waals surface area contributed by atoms with E-state index in [1.807, 2.05) is 39.8 Å². The van der Waals surface area contributed by atoms with Crippen LogP contribution in [0.3, 0.4) is 0 Å². The lowest BCUT2D eigenvalue weighted by Gasteiger charge is -2.30. The molecule has 4 nitrogen and oxygen atoms in total. The third kappa shape index (κ3) is 2.84. The average Bonchev–Trinajstić information content (AvgIpc) is 2.51. The van der Waals surface area contributed by atoms with Gasteiger partial charge < -0.3 is 13.9 Å². The maximum absolute atomic E-state index is 11.8. The Bertz CT molecular complexity index is 909. The lowest BCUT2D eigenvalue weighted by molar-refractivity contribution is 0.160. The van der Waals surface area contributed by atoms with E-state index in [2.05, 4.69) is 6.08 Å². The van der Waals surface area contributed by atoms with E-state index in [0.717, 1.165) is 16.5 Å². The number of hydrogen-bond donors (Lipinski definition) is 0. The number of methoxy groups -OCH3 is 1. The number of fused-ring (bicyclic) bond motifs is 3. The van der Waals surface area contributed by atoms with E-state index < -0.39 is 5.60 Å². The summed E-state index contributed by atoms with van der Waals surface area (Å²) in [7, 11) is 1.63. The van der Waals surface area contributed by atoms with Crippen molar-refractivity contribution in [2.24, 2.45) is 0 Å². The van der Waals surface area contributed by atoms with Gasteiger partial charge in [-0.2, -0.15) is 0 Å². The van der Waals surface area contributed by atoms with Crippen molar-refractivity contribution in [1.29, 1.82) is 0 Å². The van der Waals surface area contributed by atoms with Crippen LogP contribution in [0.1, 0.15) is 38.8 Å². The van der Waals surface area contributed by atoms with Crippen molar-refractivity contribution in [3.05, 3.63) is 51.4 Å². The SMILES string of the molecule is COc1c2c(c3ccc(=O)oc3c1CC=C(C)C)OC(C)(C)C=C2. The minimum absolute atomic E-state index is 0.381. The van der Waals surface area contributed by atoms with Crippen molar-refractivity contribution in [3.63, 3.8) is 0 Å². The first-order valence-electron chi connectivity index (χ1n) is 8.00. The van der Waals surface area contributed by atoms with Crippen LogP contribution in [-0.2, 0) is 6.42 Å². The smallest absolute Gasteiger partial charge is 0.336 e. The highest BCUT2D eigenvalue weighted by atomic mass is 16.5. The highest BCUT2D eigenvalue weighted by Gasteiger charge is 2.29. The molecule has 126 valence electrons. The van der Waals surface area contributed by atoms with Crippen molar-refractivity contribution < 1.29 is 13.9 Å². The Morgan fingerprint density at radius 3 is 2.71 bits per heavy atom. The Morgan fingerprint density at radius 1 is 1.29 bits per heavy atom. The Hall–Kier alpha value is -2.49. The Morgan fingerprint density at radius 2 is 2.04 bits per heavy atom. The first-order chi connectivity index (χ1) is 11.3. The van der Waals surface area contributed by atoms with Crippen molar-refractivity contribution in [2.75, 3.05) is 7.11 Å². The maximum atomic E-state index is 11.8. The predicted octanol–water partition coefficient (Wildman–Crippen LogP) is 4.49. The molecule has 2 heterocycles. The molecule has 0 amide bonds. The molecule has 0 radical (unpaired) electrons. The normalized spacial score (nSPS) is 14.9. The number of hydrogen-bond acceptors (Lipinski definition) is 4. The molecule has 1 aromatic carbocycles. The van der Waals surface area contributed by atoms with Gasteiger partial charge in [0.25, 0.3) is 0 Å². The zero-order valence-corrected chi connectivity index (χ0v) is 14.7. The molecule has 0 bridgehead atoms. The van der Waals surface area contributed by atoms with Crippen LogP contribution in [0.2, 0.25) is 0 Å². The van der Waals surface area contributed by atoms with E-state index in [-0.39, 0.29) is 5.63 Å². The number of benzene rings is 1. The third-order valence-corrected chi connectivity index (χ3v) is 4.05. The summed E-state index contributed by atoms with van der Waals surface area (Å²) in [4.78, 5) is 11.8. The van der Waals surface area contributed by atoms with Gasteiger partial charge in [-0.05, 0) is 52.3 Å². The maximum Gasteiger partial charge on any atom is 0.336 e. The second-order valence-electron chi connectivity index (χ2n) is 6.78. The van der Waals surface area contributed by atoms with Gasteiger partial charge in [0.2, 0.25) is 0 Å². The molecule has 0 fully saturated rings. The van der Waals surface area contributed by atoms with E-state index in [4.69, 9.17) is 13.9 Å². The monoisotopic (exact) mass is 326 g/mol. The molecule has 0 N–H and O–H groups in total. The van der Waals surface area contributed by atoms with Gasteiger partial charge in [-0.15, -0.1) is 0 Å². The lowest BCUT2D eigenvalue weighted by atomic mass is 9.95. The Kier molecular flexibility index (Phi) is 3.99. The highest BCUT2D eigenvalue weighted by molar-refractivity contribution is 5.94. The average molecular weight is 326 g/mol. The molecule has 1 aromatic heterocycles. The highest BCUT2D eigenvalue weighted by Crippen LogP contribution is 2.45. The molecule has 24 heavy (non-hydrogen) atoms. The fraction of sp³-hybridized carbons (Fsp3) is 0.350. The van der Waals surface area contributed by atoms with Crippen LogP contribution >= 0.6 is 0 Å². The van der Waals surface area contributed by atoms with Crippen LogP contribution in [-0.4, -0.2) is 12.7 Å². The number of allylic oxidation sites excluding steroid dienone is 2. The van der Waals surface area contributed by atoms with E-state index in [0.29, 0.717) is 23.5 Å². The van der Waals surface area contributed by atoms with Gasteiger partial charge in [-0.1, -0.05) is 11.6 Å². The van der Waals surface area contributed by atoms with Gasteiger partial charge in [0, 0.05) is 11.6 Å². The van der Waals surface area contributed by atoms with Gasteiger partial charge in [0.1, 0.15) is 22.7 Å². The lowest BCUT2D eigenvalue weighted by Crippen LogP contribution is -2.28. The van der Waals surface area contributed by atoms with Crippen LogP contribution in [0, 0.1) is 0 Å². The minimum Gasteiger partial charge on any atom is -0.496 e. The summed E-state index contributed by atoms with van der Waals surface area (Å²) in [6, 6.07) is 3.19. The quantitative estimate of drug-likeness (QED) is 0.616. The van der Waals surface area contributed by atoms with Crippen molar-refractivity contribution >= 4 is 17.0 Å². The fourth-order valence-corrected chi connectivity index (χ4v) is 2.90. The summed E-state index contributed by atoms with van der Waals surface area (Å²) in [5.74, 6) is 1.38. The second kappa shape index (κ2) is 5.86. The molecule has 0 spiro atoms. The standard InChI is InChI=1S/C20H22O4/c1-12(2)6-7-13-17(22-5)15-10-11-20(3,4)24-19(15)14-8-9-16(21)23-18(13)14/h6,8-11H,7H2,1-5H3. The molecular formula is C20H22O4. The molecule has 1 aliphatic rings. The zero-order valence-electron chi connectivity index (χ0n) is 14.7. The van der Waals surface area contributed by atoms with Gasteiger partial charge in [-0.3, -0.25) is 0 Å². The molecule has 3 rings (SSSR count). The molecule has 0 unspecified atom stereocenters. The van der Waals surface area contributed by atoms with Crippen LogP contribution < -0.4 is 15.1 Å². The summed E-state index contributed by atoms with van der Waals surface area (Å²) in [5.41, 5.74) is 2.65. The Labute approximate surface area is 141 Å². The minimum atomic E-state index is -0.428. The van der Waals surface area contributed by atoms with Gasteiger partial charge in [0.05, 0.1) is 18.1 Å². The van der Waals surface area contributed by atoms with Gasteiger partial charge >= 0.3 is 5.63 Å². The Balaban J connectivity index is 2.39. The van der Waals surface area contributed by atoms with Crippen LogP contribution in [0.15, 0.2) is 39.1 Å².